The van der Waals surface area contributed by atoms with Gasteiger partial charge in [-0.2, -0.15) is 0 Å². The maximum absolute atomic E-state index is 13.0. The summed E-state index contributed by atoms with van der Waals surface area (Å²) in [7, 11) is 3.27. The minimum atomic E-state index is -0.235. The van der Waals surface area contributed by atoms with Gasteiger partial charge in [0.25, 0.3) is 5.91 Å². The highest BCUT2D eigenvalue weighted by Crippen LogP contribution is 2.43. The second kappa shape index (κ2) is 5.74. The van der Waals surface area contributed by atoms with Crippen LogP contribution in [0.1, 0.15) is 34.9 Å². The van der Waals surface area contributed by atoms with Crippen LogP contribution in [0.2, 0.25) is 0 Å². The van der Waals surface area contributed by atoms with E-state index in [1.165, 1.54) is 0 Å². The number of hydrogen-bond donors (Lipinski definition) is 1. The molecule has 0 radical (unpaired) electrons. The molecule has 4 rings (SSSR count). The number of hydrogen-bond acceptors (Lipinski definition) is 4. The van der Waals surface area contributed by atoms with Gasteiger partial charge in [0.2, 0.25) is 0 Å². The number of rotatable bonds is 4. The Morgan fingerprint density at radius 2 is 1.88 bits per heavy atom. The molecule has 2 aromatic rings. The van der Waals surface area contributed by atoms with Gasteiger partial charge in [-0.1, -0.05) is 12.1 Å². The van der Waals surface area contributed by atoms with Gasteiger partial charge in [0.15, 0.2) is 0 Å². The van der Waals surface area contributed by atoms with Crippen molar-refractivity contribution in [3.05, 3.63) is 53.6 Å². The van der Waals surface area contributed by atoms with E-state index in [2.05, 4.69) is 5.32 Å². The molecule has 2 aliphatic rings. The van der Waals surface area contributed by atoms with Crippen LogP contribution in [0.15, 0.2) is 42.5 Å². The lowest BCUT2D eigenvalue weighted by Gasteiger charge is -2.38. The van der Waals surface area contributed by atoms with Crippen LogP contribution >= 0.6 is 0 Å². The van der Waals surface area contributed by atoms with Crippen LogP contribution in [-0.4, -0.2) is 31.1 Å². The fourth-order valence-corrected chi connectivity index (χ4v) is 3.27. The van der Waals surface area contributed by atoms with E-state index in [9.17, 15) is 4.79 Å². The summed E-state index contributed by atoms with van der Waals surface area (Å²) in [6.45, 7) is 0. The molecule has 0 saturated heterocycles. The molecule has 0 spiro atoms. The number of amides is 1. The van der Waals surface area contributed by atoms with E-state index in [0.29, 0.717) is 5.75 Å². The monoisotopic (exact) mass is 324 g/mol. The van der Waals surface area contributed by atoms with Crippen molar-refractivity contribution in [1.29, 1.82) is 0 Å². The zero-order valence-corrected chi connectivity index (χ0v) is 13.8. The molecule has 0 unspecified atom stereocenters. The summed E-state index contributed by atoms with van der Waals surface area (Å²) in [6, 6.07) is 13.7. The van der Waals surface area contributed by atoms with Crippen molar-refractivity contribution < 1.29 is 14.3 Å². The maximum Gasteiger partial charge on any atom is 0.258 e. The van der Waals surface area contributed by atoms with Crippen LogP contribution in [0.3, 0.4) is 0 Å². The molecule has 1 aliphatic carbocycles. The number of nitrogens with one attached hydrogen (secondary N) is 1. The summed E-state index contributed by atoms with van der Waals surface area (Å²) in [5.41, 5.74) is 2.53. The number of anilines is 1. The molecular weight excluding hydrogens is 304 g/mol. The first kappa shape index (κ1) is 14.9. The first-order valence-electron chi connectivity index (χ1n) is 8.13. The predicted octanol–water partition coefficient (Wildman–Crippen LogP) is 3.43. The number of benzene rings is 2. The molecule has 0 bridgehead atoms. The van der Waals surface area contributed by atoms with Crippen LogP contribution in [0.4, 0.5) is 5.69 Å². The Labute approximate surface area is 141 Å². The van der Waals surface area contributed by atoms with Gasteiger partial charge in [0.05, 0.1) is 19.8 Å². The number of ether oxygens (including phenoxy) is 2. The van der Waals surface area contributed by atoms with Gasteiger partial charge in [0.1, 0.15) is 17.7 Å². The first-order chi connectivity index (χ1) is 11.7. The summed E-state index contributed by atoms with van der Waals surface area (Å²) in [5, 5.41) is 3.51. The zero-order valence-electron chi connectivity index (χ0n) is 13.8. The van der Waals surface area contributed by atoms with Crippen LogP contribution in [0.25, 0.3) is 0 Å². The molecule has 1 heterocycles. The molecule has 5 heteroatoms. The van der Waals surface area contributed by atoms with Crippen LogP contribution in [0, 0.1) is 0 Å². The van der Waals surface area contributed by atoms with Gasteiger partial charge in [-0.05, 0) is 37.1 Å². The van der Waals surface area contributed by atoms with E-state index in [-0.39, 0.29) is 18.1 Å². The van der Waals surface area contributed by atoms with E-state index in [0.717, 1.165) is 35.4 Å². The molecule has 1 N–H and O–H groups in total. The molecular formula is C19H20N2O3. The Morgan fingerprint density at radius 3 is 2.58 bits per heavy atom. The molecule has 24 heavy (non-hydrogen) atoms. The quantitative estimate of drug-likeness (QED) is 0.936. The topological polar surface area (TPSA) is 50.8 Å². The third kappa shape index (κ3) is 2.37. The molecule has 124 valence electrons. The highest BCUT2D eigenvalue weighted by atomic mass is 16.5. The fraction of sp³-hybridized carbons (Fsp3) is 0.316. The van der Waals surface area contributed by atoms with E-state index < -0.39 is 0 Å². The van der Waals surface area contributed by atoms with E-state index in [1.807, 2.05) is 47.4 Å². The lowest BCUT2D eigenvalue weighted by atomic mass is 10.0. The second-order valence-electron chi connectivity index (χ2n) is 6.14. The average molecular weight is 324 g/mol. The fourth-order valence-electron chi connectivity index (χ4n) is 3.27. The summed E-state index contributed by atoms with van der Waals surface area (Å²) in [6.07, 6.45) is 1.86. The molecule has 1 amide bonds. The Hall–Kier alpha value is -2.69. The number of methoxy groups -OCH3 is 2. The normalized spacial score (nSPS) is 19.5. The number of para-hydroxylation sites is 1. The third-order valence-corrected chi connectivity index (χ3v) is 4.64. The van der Waals surface area contributed by atoms with Crippen LogP contribution < -0.4 is 14.8 Å². The summed E-state index contributed by atoms with van der Waals surface area (Å²) in [4.78, 5) is 15.0. The number of fused-ring (bicyclic) bond motifs is 1. The van der Waals surface area contributed by atoms with Crippen molar-refractivity contribution in [2.75, 3.05) is 19.5 Å². The zero-order chi connectivity index (χ0) is 16.7. The van der Waals surface area contributed by atoms with Gasteiger partial charge >= 0.3 is 0 Å². The van der Waals surface area contributed by atoms with E-state index in [1.54, 1.807) is 14.2 Å². The van der Waals surface area contributed by atoms with Crippen molar-refractivity contribution in [1.82, 2.24) is 4.90 Å². The summed E-state index contributed by atoms with van der Waals surface area (Å²) >= 11 is 0. The predicted molar refractivity (Wildman–Crippen MR) is 91.5 cm³/mol. The molecule has 1 saturated carbocycles. The van der Waals surface area contributed by atoms with Gasteiger partial charge in [0, 0.05) is 23.4 Å². The van der Waals surface area contributed by atoms with E-state index >= 15 is 0 Å². The second-order valence-corrected chi connectivity index (χ2v) is 6.14. The Balaban J connectivity index is 1.80. The van der Waals surface area contributed by atoms with Crippen molar-refractivity contribution in [3.63, 3.8) is 0 Å². The van der Waals surface area contributed by atoms with Crippen LogP contribution in [0.5, 0.6) is 11.5 Å². The molecule has 5 nitrogen and oxygen atoms in total. The smallest absolute Gasteiger partial charge is 0.258 e. The summed E-state index contributed by atoms with van der Waals surface area (Å²) < 4.78 is 10.8. The molecule has 0 aromatic heterocycles. The van der Waals surface area contributed by atoms with Crippen molar-refractivity contribution in [3.8, 4) is 11.5 Å². The first-order valence-corrected chi connectivity index (χ1v) is 8.13. The third-order valence-electron chi connectivity index (χ3n) is 4.64. The Morgan fingerprint density at radius 1 is 1.08 bits per heavy atom. The lowest BCUT2D eigenvalue weighted by Crippen LogP contribution is -2.44. The maximum atomic E-state index is 13.0. The minimum absolute atomic E-state index is 0.0784. The SMILES string of the molecule is COc1ccc([C@H]2Nc3ccccc3C(=O)N2C2CC2)c(OC)c1. The molecule has 1 aliphatic heterocycles. The van der Waals surface area contributed by atoms with Gasteiger partial charge in [-0.3, -0.25) is 4.79 Å². The summed E-state index contributed by atoms with van der Waals surface area (Å²) in [5.74, 6) is 1.52. The van der Waals surface area contributed by atoms with Gasteiger partial charge in [-0.25, -0.2) is 0 Å². The van der Waals surface area contributed by atoms with E-state index in [4.69, 9.17) is 9.47 Å². The molecule has 1 atom stereocenters. The Kier molecular flexibility index (Phi) is 3.56. The highest BCUT2D eigenvalue weighted by molar-refractivity contribution is 6.02. The average Bonchev–Trinajstić information content (AvgIpc) is 3.46. The number of carbonyl (C=O) groups is 1. The lowest BCUT2D eigenvalue weighted by molar-refractivity contribution is 0.0664. The number of carbonyl (C=O) groups excluding carboxylic acids is 1. The largest absolute Gasteiger partial charge is 0.497 e. The van der Waals surface area contributed by atoms with Crippen molar-refractivity contribution >= 4 is 11.6 Å². The standard InChI is InChI=1S/C19H20N2O3/c1-23-13-9-10-15(17(11-13)24-2)18-20-16-6-4-3-5-14(16)19(22)21(18)12-7-8-12/h3-6,9-12,18,20H,7-8H2,1-2H3/t18-/m0/s1. The Bertz CT molecular complexity index is 786. The highest BCUT2D eigenvalue weighted by Gasteiger charge is 2.42. The van der Waals surface area contributed by atoms with Gasteiger partial charge in [-0.15, -0.1) is 0 Å². The van der Waals surface area contributed by atoms with Crippen molar-refractivity contribution in [2.24, 2.45) is 0 Å². The molecule has 1 fully saturated rings. The minimum Gasteiger partial charge on any atom is -0.497 e. The molecule has 2 aromatic carbocycles. The van der Waals surface area contributed by atoms with Crippen molar-refractivity contribution in [2.45, 2.75) is 25.0 Å². The van der Waals surface area contributed by atoms with Crippen LogP contribution in [-0.2, 0) is 0 Å². The van der Waals surface area contributed by atoms with Gasteiger partial charge < -0.3 is 19.7 Å². The number of nitrogens with zero attached hydrogens (tertiary/aromatic N) is 1.